The van der Waals surface area contributed by atoms with Gasteiger partial charge in [0.25, 0.3) is 0 Å². The monoisotopic (exact) mass is 334 g/mol. The molecule has 0 amide bonds. The first-order valence-corrected chi connectivity index (χ1v) is 9.85. The number of hydrogen-bond donors (Lipinski definition) is 1. The second-order valence-corrected chi connectivity index (χ2v) is 8.16. The Morgan fingerprint density at radius 3 is 2.41 bits per heavy atom. The van der Waals surface area contributed by atoms with Crippen molar-refractivity contribution in [2.75, 3.05) is 26.2 Å². The van der Waals surface area contributed by atoms with Crippen molar-refractivity contribution in [2.24, 2.45) is 11.8 Å². The van der Waals surface area contributed by atoms with Gasteiger partial charge in [-0.25, -0.2) is 18.6 Å². The van der Waals surface area contributed by atoms with E-state index in [0.717, 1.165) is 23.9 Å². The number of nitrogens with zero attached hydrogens (tertiary/aromatic N) is 1. The Labute approximate surface area is 134 Å². The highest BCUT2D eigenvalue weighted by Gasteiger charge is 2.48. The lowest BCUT2D eigenvalue weighted by atomic mass is 9.71. The molecule has 0 spiro atoms. The average Bonchev–Trinajstić information content (AvgIpc) is 2.46. The van der Waals surface area contributed by atoms with Crippen molar-refractivity contribution in [1.29, 1.82) is 0 Å². The summed E-state index contributed by atoms with van der Waals surface area (Å²) in [5, 5.41) is 0. The summed E-state index contributed by atoms with van der Waals surface area (Å²) in [7, 11) is -4.94. The zero-order valence-electron chi connectivity index (χ0n) is 13.0. The fourth-order valence-corrected chi connectivity index (χ4v) is 5.47. The topological polar surface area (TPSA) is 99.9 Å². The number of piperidine rings is 4. The van der Waals surface area contributed by atoms with Crippen LogP contribution in [0.5, 0.6) is 0 Å². The van der Waals surface area contributed by atoms with E-state index in [9.17, 15) is 0 Å². The predicted molar refractivity (Wildman–Crippen MR) is 69.1 cm³/mol. The van der Waals surface area contributed by atoms with E-state index >= 15 is 0 Å². The van der Waals surface area contributed by atoms with Gasteiger partial charge in [-0.3, -0.25) is 4.90 Å². The minimum Gasteiger partial charge on any atom is -0.332 e. The van der Waals surface area contributed by atoms with Crippen molar-refractivity contribution >= 4 is 0 Å². The van der Waals surface area contributed by atoms with E-state index in [0.29, 0.717) is 0 Å². The molecule has 6 nitrogen and oxygen atoms in total. The fraction of sp³-hybridized carbons (Fsp3) is 1.00. The first kappa shape index (κ1) is 16.9. The fourth-order valence-electron chi connectivity index (χ4n) is 5.47. The lowest BCUT2D eigenvalue weighted by molar-refractivity contribution is -2.00. The molecule has 0 aliphatic carbocycles. The van der Waals surface area contributed by atoms with Crippen molar-refractivity contribution in [2.45, 2.75) is 57.0 Å². The van der Waals surface area contributed by atoms with Crippen LogP contribution >= 0.6 is 0 Å². The predicted octanol–water partition coefficient (Wildman–Crippen LogP) is -3.83. The van der Waals surface area contributed by atoms with Gasteiger partial charge in [0, 0.05) is 24.4 Å². The van der Waals surface area contributed by atoms with E-state index in [4.69, 9.17) is 18.6 Å². The smallest absolute Gasteiger partial charge is 0.0915 e. The largest absolute Gasteiger partial charge is 0.332 e. The maximum atomic E-state index is 8.49. The summed E-state index contributed by atoms with van der Waals surface area (Å²) in [4.78, 5) is 4.89. The van der Waals surface area contributed by atoms with E-state index < -0.39 is 10.2 Å². The molecular weight excluding hydrogens is 308 g/mol. The molecule has 4 aliphatic rings. The Morgan fingerprint density at radius 1 is 0.909 bits per heavy atom. The Morgan fingerprint density at radius 2 is 1.64 bits per heavy atom. The highest BCUT2D eigenvalue weighted by Crippen LogP contribution is 2.37. The summed E-state index contributed by atoms with van der Waals surface area (Å²) in [6, 6.07) is 2.03. The first-order chi connectivity index (χ1) is 10.4. The molecule has 4 fully saturated rings. The number of quaternary nitrogens is 1. The summed E-state index contributed by atoms with van der Waals surface area (Å²) >= 11 is 0. The lowest BCUT2D eigenvalue weighted by Crippen LogP contribution is -3.19. The van der Waals surface area contributed by atoms with E-state index in [1.807, 2.05) is 4.90 Å². The average molecular weight is 335 g/mol. The highest BCUT2D eigenvalue weighted by atomic mass is 35.7. The Kier molecular flexibility index (Phi) is 5.29. The SMILES string of the molecule is C1CC[NH+]2C[C@@H]3C[C@@H](CN4CCCC[C@@H]34)[C@H]2C1.[O-][Cl+3]([O-])([O-])[O-]. The van der Waals surface area contributed by atoms with Crippen molar-refractivity contribution in [3.05, 3.63) is 0 Å². The summed E-state index contributed by atoms with van der Waals surface area (Å²) in [6.45, 7) is 5.88. The minimum absolute atomic E-state index is 0.982. The number of nitrogens with one attached hydrogen (secondary N) is 1. The molecule has 0 aromatic rings. The Balaban J connectivity index is 0.000000254. The minimum atomic E-state index is -4.94. The van der Waals surface area contributed by atoms with Crippen LogP contribution in [0.15, 0.2) is 0 Å². The molecule has 0 saturated carbocycles. The maximum Gasteiger partial charge on any atom is 0.0915 e. The second kappa shape index (κ2) is 6.89. The highest BCUT2D eigenvalue weighted by molar-refractivity contribution is 4.94. The van der Waals surface area contributed by atoms with Gasteiger partial charge in [-0.05, 0) is 45.1 Å². The van der Waals surface area contributed by atoms with Gasteiger partial charge in [-0.15, -0.1) is 10.2 Å². The van der Waals surface area contributed by atoms with Gasteiger partial charge in [-0.2, -0.15) is 0 Å². The molecule has 0 aromatic carbocycles. The standard InChI is InChI=1S/C15H26N2.ClHO4/c1-3-7-16-11-13-9-12(14(16)5-1)10-17-8-4-2-6-15(13)17;2-1(3,4)5/h12-15H,1-11H2;(H,2,3,4,5)/t12-,13-,14-,15+;/m0./s1. The molecule has 2 bridgehead atoms. The number of hydrogen-bond acceptors (Lipinski definition) is 5. The zero-order chi connectivity index (χ0) is 15.7. The van der Waals surface area contributed by atoms with Gasteiger partial charge >= 0.3 is 0 Å². The lowest BCUT2D eigenvalue weighted by Gasteiger charge is -2.54. The molecule has 0 radical (unpaired) electrons. The molecule has 1 N–H and O–H groups in total. The van der Waals surface area contributed by atoms with E-state index in [1.54, 1.807) is 6.42 Å². The van der Waals surface area contributed by atoms with Crippen LogP contribution in [0.25, 0.3) is 0 Å². The summed E-state index contributed by atoms with van der Waals surface area (Å²) < 4.78 is 34.0. The number of halogens is 1. The maximum absolute atomic E-state index is 8.49. The van der Waals surface area contributed by atoms with Crippen LogP contribution in [0.1, 0.15) is 44.9 Å². The molecule has 128 valence electrons. The molecule has 0 aromatic heterocycles. The zero-order valence-corrected chi connectivity index (χ0v) is 13.8. The van der Waals surface area contributed by atoms with Crippen LogP contribution in [-0.2, 0) is 0 Å². The quantitative estimate of drug-likeness (QED) is 0.489. The van der Waals surface area contributed by atoms with Crippen LogP contribution < -0.4 is 23.5 Å². The molecule has 4 saturated heterocycles. The van der Waals surface area contributed by atoms with E-state index in [-0.39, 0.29) is 0 Å². The van der Waals surface area contributed by atoms with Gasteiger partial charge in [-0.1, -0.05) is 6.42 Å². The Hall–Kier alpha value is 0.0500. The second-order valence-electron chi connectivity index (χ2n) is 7.41. The third kappa shape index (κ3) is 4.12. The van der Waals surface area contributed by atoms with E-state index in [2.05, 4.69) is 4.90 Å². The Bertz CT molecular complexity index is 345. The van der Waals surface area contributed by atoms with Crippen molar-refractivity contribution in [1.82, 2.24) is 4.90 Å². The van der Waals surface area contributed by atoms with Gasteiger partial charge in [0.2, 0.25) is 0 Å². The first-order valence-electron chi connectivity index (χ1n) is 8.62. The number of rotatable bonds is 0. The summed E-state index contributed by atoms with van der Waals surface area (Å²) in [6.07, 6.45) is 10.6. The van der Waals surface area contributed by atoms with Crippen LogP contribution in [0, 0.1) is 22.1 Å². The molecule has 1 unspecified atom stereocenters. The van der Waals surface area contributed by atoms with Crippen molar-refractivity contribution < 1.29 is 33.8 Å². The van der Waals surface area contributed by atoms with Crippen LogP contribution in [0.2, 0.25) is 0 Å². The third-order valence-electron chi connectivity index (χ3n) is 6.16. The van der Waals surface area contributed by atoms with Crippen LogP contribution in [-0.4, -0.2) is 43.2 Å². The van der Waals surface area contributed by atoms with Crippen LogP contribution in [0.3, 0.4) is 0 Å². The van der Waals surface area contributed by atoms with Crippen molar-refractivity contribution in [3.8, 4) is 0 Å². The number of fused-ring (bicyclic) bond motifs is 6. The van der Waals surface area contributed by atoms with Crippen molar-refractivity contribution in [3.63, 3.8) is 0 Å². The molecule has 5 atom stereocenters. The molecule has 4 heterocycles. The van der Waals surface area contributed by atoms with Gasteiger partial charge < -0.3 is 4.90 Å². The third-order valence-corrected chi connectivity index (χ3v) is 6.16. The van der Waals surface area contributed by atoms with Gasteiger partial charge in [0.1, 0.15) is 0 Å². The molecule has 4 aliphatic heterocycles. The van der Waals surface area contributed by atoms with Crippen LogP contribution in [0.4, 0.5) is 0 Å². The van der Waals surface area contributed by atoms with E-state index in [1.165, 1.54) is 64.7 Å². The summed E-state index contributed by atoms with van der Waals surface area (Å²) in [5.74, 6) is 2.11. The molecular formula is C15H27ClN2O4. The normalized spacial score (nSPS) is 41.7. The summed E-state index contributed by atoms with van der Waals surface area (Å²) in [5.41, 5.74) is 0. The van der Waals surface area contributed by atoms with Gasteiger partial charge in [0.15, 0.2) is 0 Å². The van der Waals surface area contributed by atoms with Gasteiger partial charge in [0.05, 0.1) is 19.1 Å². The molecule has 4 rings (SSSR count). The molecule has 22 heavy (non-hydrogen) atoms. The molecule has 7 heteroatoms.